The molecule has 1 aliphatic heterocycles. The lowest BCUT2D eigenvalue weighted by Crippen LogP contribution is -2.39. The van der Waals surface area contributed by atoms with Gasteiger partial charge >= 0.3 is 5.97 Å². The third kappa shape index (κ3) is 2.98. The van der Waals surface area contributed by atoms with Crippen LogP contribution in [0.25, 0.3) is 0 Å². The molecule has 0 spiro atoms. The van der Waals surface area contributed by atoms with Gasteiger partial charge in [-0.2, -0.15) is 0 Å². The summed E-state index contributed by atoms with van der Waals surface area (Å²) in [7, 11) is 1.36. The number of ketones is 1. The molecule has 1 aromatic rings. The van der Waals surface area contributed by atoms with Gasteiger partial charge in [0, 0.05) is 18.7 Å². The smallest absolute Gasteiger partial charge is 0.310 e. The number of hydrogen-bond acceptors (Lipinski definition) is 4. The molecule has 108 valence electrons. The summed E-state index contributed by atoms with van der Waals surface area (Å²) in [5.74, 6) is -1.07. The van der Waals surface area contributed by atoms with Crippen LogP contribution in [0, 0.1) is 11.7 Å². The van der Waals surface area contributed by atoms with E-state index in [0.717, 1.165) is 12.8 Å². The fourth-order valence-electron chi connectivity index (χ4n) is 2.54. The zero-order valence-corrected chi connectivity index (χ0v) is 11.7. The predicted octanol–water partition coefficient (Wildman–Crippen LogP) is 2.42. The molecule has 0 amide bonds. The monoisotopic (exact) mass is 279 g/mol. The largest absolute Gasteiger partial charge is 0.469 e. The number of rotatable bonds is 3. The molecule has 1 aliphatic rings. The lowest BCUT2D eigenvalue weighted by atomic mass is 9.97. The average Bonchev–Trinajstić information content (AvgIpc) is 2.46. The molecule has 0 radical (unpaired) electrons. The van der Waals surface area contributed by atoms with Gasteiger partial charge in [-0.05, 0) is 38.0 Å². The first-order valence-electron chi connectivity index (χ1n) is 6.66. The fourth-order valence-corrected chi connectivity index (χ4v) is 2.54. The van der Waals surface area contributed by atoms with E-state index >= 15 is 0 Å². The van der Waals surface area contributed by atoms with Crippen molar-refractivity contribution in [3.8, 4) is 0 Å². The molecule has 1 unspecified atom stereocenters. The van der Waals surface area contributed by atoms with Crippen molar-refractivity contribution >= 4 is 17.4 Å². The summed E-state index contributed by atoms with van der Waals surface area (Å²) < 4.78 is 18.8. The minimum absolute atomic E-state index is 0.165. The summed E-state index contributed by atoms with van der Waals surface area (Å²) in [6.07, 6.45) is 1.57. The molecule has 1 aromatic carbocycles. The maximum Gasteiger partial charge on any atom is 0.310 e. The van der Waals surface area contributed by atoms with Crippen molar-refractivity contribution in [3.05, 3.63) is 29.6 Å². The minimum Gasteiger partial charge on any atom is -0.469 e. The molecule has 5 heteroatoms. The molecule has 1 fully saturated rings. The van der Waals surface area contributed by atoms with Gasteiger partial charge in [0.25, 0.3) is 0 Å². The second kappa shape index (κ2) is 6.03. The Morgan fingerprint density at radius 2 is 2.15 bits per heavy atom. The van der Waals surface area contributed by atoms with Crippen LogP contribution in [0.4, 0.5) is 10.1 Å². The number of Topliss-reactive ketones (excluding diaryl/α,β-unsaturated/α-hetero) is 1. The Morgan fingerprint density at radius 1 is 1.40 bits per heavy atom. The van der Waals surface area contributed by atoms with Crippen LogP contribution in [0.5, 0.6) is 0 Å². The number of hydrogen-bond donors (Lipinski definition) is 0. The SMILES string of the molecule is COC(=O)C1CCCN(c2ccc(C(C)=O)cc2F)C1. The predicted molar refractivity (Wildman–Crippen MR) is 73.4 cm³/mol. The van der Waals surface area contributed by atoms with Gasteiger partial charge in [-0.1, -0.05) is 0 Å². The summed E-state index contributed by atoms with van der Waals surface area (Å²) in [5, 5.41) is 0. The normalized spacial score (nSPS) is 18.8. The fraction of sp³-hybridized carbons (Fsp3) is 0.467. The molecule has 1 atom stereocenters. The van der Waals surface area contributed by atoms with E-state index in [1.807, 2.05) is 4.90 Å². The van der Waals surface area contributed by atoms with Crippen molar-refractivity contribution < 1.29 is 18.7 Å². The molecule has 0 bridgehead atoms. The van der Waals surface area contributed by atoms with E-state index in [0.29, 0.717) is 24.3 Å². The van der Waals surface area contributed by atoms with Crippen molar-refractivity contribution in [3.63, 3.8) is 0 Å². The number of methoxy groups -OCH3 is 1. The van der Waals surface area contributed by atoms with E-state index in [1.54, 1.807) is 12.1 Å². The maximum atomic E-state index is 14.1. The summed E-state index contributed by atoms with van der Waals surface area (Å²) in [5.41, 5.74) is 0.788. The molecular formula is C15H18FNO3. The van der Waals surface area contributed by atoms with Crippen LogP contribution in [0.1, 0.15) is 30.1 Å². The number of carbonyl (C=O) groups excluding carboxylic acids is 2. The van der Waals surface area contributed by atoms with Crippen LogP contribution >= 0.6 is 0 Å². The second-order valence-corrected chi connectivity index (χ2v) is 5.03. The number of carbonyl (C=O) groups is 2. The number of nitrogens with zero attached hydrogens (tertiary/aromatic N) is 1. The van der Waals surface area contributed by atoms with Gasteiger partial charge in [-0.3, -0.25) is 9.59 Å². The highest BCUT2D eigenvalue weighted by molar-refractivity contribution is 5.94. The highest BCUT2D eigenvalue weighted by Gasteiger charge is 2.27. The van der Waals surface area contributed by atoms with Gasteiger partial charge in [0.1, 0.15) is 5.82 Å². The van der Waals surface area contributed by atoms with E-state index in [-0.39, 0.29) is 17.7 Å². The molecule has 1 heterocycles. The van der Waals surface area contributed by atoms with Crippen LogP contribution in [0.15, 0.2) is 18.2 Å². The third-order valence-electron chi connectivity index (χ3n) is 3.65. The molecule has 0 aromatic heterocycles. The molecule has 2 rings (SSSR count). The van der Waals surface area contributed by atoms with Crippen LogP contribution in [-0.4, -0.2) is 32.0 Å². The first-order chi connectivity index (χ1) is 9.52. The number of ether oxygens (including phenoxy) is 1. The number of piperidine rings is 1. The number of benzene rings is 1. The van der Waals surface area contributed by atoms with Gasteiger partial charge in [-0.15, -0.1) is 0 Å². The Balaban J connectivity index is 2.19. The van der Waals surface area contributed by atoms with Crippen LogP contribution in [-0.2, 0) is 9.53 Å². The second-order valence-electron chi connectivity index (χ2n) is 5.03. The topological polar surface area (TPSA) is 46.6 Å². The summed E-state index contributed by atoms with van der Waals surface area (Å²) in [6, 6.07) is 4.47. The number of halogens is 1. The Hall–Kier alpha value is -1.91. The van der Waals surface area contributed by atoms with E-state index < -0.39 is 5.82 Å². The van der Waals surface area contributed by atoms with Crippen molar-refractivity contribution in [1.82, 2.24) is 0 Å². The van der Waals surface area contributed by atoms with Gasteiger partial charge in [0.15, 0.2) is 5.78 Å². The quantitative estimate of drug-likeness (QED) is 0.629. The molecule has 0 saturated carbocycles. The lowest BCUT2D eigenvalue weighted by molar-refractivity contribution is -0.145. The van der Waals surface area contributed by atoms with Crippen LogP contribution in [0.2, 0.25) is 0 Å². The highest BCUT2D eigenvalue weighted by atomic mass is 19.1. The molecule has 20 heavy (non-hydrogen) atoms. The summed E-state index contributed by atoms with van der Waals surface area (Å²) >= 11 is 0. The molecule has 4 nitrogen and oxygen atoms in total. The average molecular weight is 279 g/mol. The summed E-state index contributed by atoms with van der Waals surface area (Å²) in [4.78, 5) is 24.6. The van der Waals surface area contributed by atoms with Gasteiger partial charge in [-0.25, -0.2) is 4.39 Å². The Labute approximate surface area is 117 Å². The Morgan fingerprint density at radius 3 is 2.75 bits per heavy atom. The molecule has 1 saturated heterocycles. The van der Waals surface area contributed by atoms with Crippen LogP contribution < -0.4 is 4.90 Å². The van der Waals surface area contributed by atoms with Gasteiger partial charge in [0.2, 0.25) is 0 Å². The zero-order chi connectivity index (χ0) is 14.7. The molecule has 0 N–H and O–H groups in total. The maximum absolute atomic E-state index is 14.1. The van der Waals surface area contributed by atoms with Gasteiger partial charge in [0.05, 0.1) is 18.7 Å². The van der Waals surface area contributed by atoms with Crippen molar-refractivity contribution in [2.24, 2.45) is 5.92 Å². The standard InChI is InChI=1S/C15H18FNO3/c1-10(18)11-5-6-14(13(16)8-11)17-7-3-4-12(9-17)15(19)20-2/h5-6,8,12H,3-4,7,9H2,1-2H3. The first-order valence-corrected chi connectivity index (χ1v) is 6.66. The molecular weight excluding hydrogens is 261 g/mol. The highest BCUT2D eigenvalue weighted by Crippen LogP contribution is 2.27. The minimum atomic E-state index is -0.428. The zero-order valence-electron chi connectivity index (χ0n) is 11.7. The third-order valence-corrected chi connectivity index (χ3v) is 3.65. The number of esters is 1. The van der Waals surface area contributed by atoms with E-state index in [4.69, 9.17) is 4.74 Å². The van der Waals surface area contributed by atoms with E-state index in [9.17, 15) is 14.0 Å². The van der Waals surface area contributed by atoms with Crippen molar-refractivity contribution in [2.75, 3.05) is 25.1 Å². The number of anilines is 1. The summed E-state index contributed by atoms with van der Waals surface area (Å²) in [6.45, 7) is 2.55. The van der Waals surface area contributed by atoms with E-state index in [1.165, 1.54) is 20.1 Å². The van der Waals surface area contributed by atoms with Crippen LogP contribution in [0.3, 0.4) is 0 Å². The van der Waals surface area contributed by atoms with Gasteiger partial charge < -0.3 is 9.64 Å². The Kier molecular flexibility index (Phi) is 4.37. The van der Waals surface area contributed by atoms with Crippen molar-refractivity contribution in [1.29, 1.82) is 0 Å². The Bertz CT molecular complexity index is 530. The van der Waals surface area contributed by atoms with E-state index in [2.05, 4.69) is 0 Å². The molecule has 0 aliphatic carbocycles. The lowest BCUT2D eigenvalue weighted by Gasteiger charge is -2.33. The first kappa shape index (κ1) is 14.5. The van der Waals surface area contributed by atoms with Crippen molar-refractivity contribution in [2.45, 2.75) is 19.8 Å².